The number of rotatable bonds is 2. The molecule has 4 aromatic rings. The summed E-state index contributed by atoms with van der Waals surface area (Å²) in [6, 6.07) is 3.00. The monoisotopic (exact) mass is 564 g/mol. The second-order valence-corrected chi connectivity index (χ2v) is 9.12. The van der Waals surface area contributed by atoms with Crippen LogP contribution in [0.2, 0.25) is 5.02 Å². The lowest BCUT2D eigenvalue weighted by Gasteiger charge is -2.36. The van der Waals surface area contributed by atoms with Crippen molar-refractivity contribution in [3.63, 3.8) is 0 Å². The Morgan fingerprint density at radius 3 is 2.16 bits per heavy atom. The summed E-state index contributed by atoms with van der Waals surface area (Å²) in [4.78, 5) is 10.4. The molecule has 38 heavy (non-hydrogen) atoms. The number of nitrogens with one attached hydrogen (secondary N) is 1. The Bertz CT molecular complexity index is 1540. The average Bonchev–Trinajstić information content (AvgIpc) is 3.18. The number of anilines is 1. The summed E-state index contributed by atoms with van der Waals surface area (Å²) in [6.07, 6.45) is -10.5. The van der Waals surface area contributed by atoms with Crippen molar-refractivity contribution in [1.29, 1.82) is 0 Å². The highest BCUT2D eigenvalue weighted by atomic mass is 35.5. The number of alkyl halides is 6. The van der Waals surface area contributed by atoms with E-state index in [0.29, 0.717) is 10.9 Å². The predicted octanol–water partition coefficient (Wildman–Crippen LogP) is 7.53. The van der Waals surface area contributed by atoms with E-state index in [-0.39, 0.29) is 40.8 Å². The number of H-pyrrole nitrogens is 1. The largest absolute Gasteiger partial charge is 0.433 e. The van der Waals surface area contributed by atoms with E-state index in [1.165, 1.54) is 19.1 Å². The lowest BCUT2D eigenvalue weighted by Crippen LogP contribution is -2.38. The lowest BCUT2D eigenvalue weighted by atomic mass is 9.91. The van der Waals surface area contributed by atoms with Crippen LogP contribution in [0.4, 0.5) is 45.5 Å². The van der Waals surface area contributed by atoms with Crippen LogP contribution in [0.5, 0.6) is 0 Å². The summed E-state index contributed by atoms with van der Waals surface area (Å²) in [7, 11) is 0. The number of hydrogen-bond acceptors (Lipinski definition) is 3. The van der Waals surface area contributed by atoms with Crippen molar-refractivity contribution in [1.82, 2.24) is 15.0 Å². The van der Waals surface area contributed by atoms with Crippen LogP contribution in [0, 0.1) is 24.4 Å². The number of aromatic amines is 1. The van der Waals surface area contributed by atoms with Gasteiger partial charge in [-0.05, 0) is 42.7 Å². The maximum Gasteiger partial charge on any atom is 0.433 e. The molecular formula is C24H14ClF9N4. The first-order chi connectivity index (χ1) is 17.7. The molecule has 200 valence electrons. The lowest BCUT2D eigenvalue weighted by molar-refractivity contribution is -0.147. The topological polar surface area (TPSA) is 44.8 Å². The quantitative estimate of drug-likeness (QED) is 0.256. The van der Waals surface area contributed by atoms with Crippen molar-refractivity contribution in [3.8, 4) is 0 Å². The molecule has 1 atom stereocenters. The zero-order valence-electron chi connectivity index (χ0n) is 19.0. The van der Waals surface area contributed by atoms with Gasteiger partial charge >= 0.3 is 12.4 Å². The van der Waals surface area contributed by atoms with Crippen LogP contribution in [0.15, 0.2) is 30.3 Å². The third-order valence-corrected chi connectivity index (χ3v) is 6.61. The van der Waals surface area contributed by atoms with Crippen molar-refractivity contribution >= 4 is 28.5 Å². The van der Waals surface area contributed by atoms with E-state index >= 15 is 4.39 Å². The van der Waals surface area contributed by atoms with Gasteiger partial charge in [-0.15, -0.1) is 0 Å². The zero-order chi connectivity index (χ0) is 27.7. The van der Waals surface area contributed by atoms with Crippen LogP contribution in [-0.4, -0.2) is 21.5 Å². The molecule has 5 rings (SSSR count). The molecule has 0 saturated carbocycles. The van der Waals surface area contributed by atoms with Gasteiger partial charge in [0.05, 0.1) is 5.02 Å². The van der Waals surface area contributed by atoms with E-state index in [9.17, 15) is 35.1 Å². The summed E-state index contributed by atoms with van der Waals surface area (Å²) in [5.74, 6) is -4.40. The minimum absolute atomic E-state index is 0.00468. The molecule has 0 aliphatic carbocycles. The van der Waals surface area contributed by atoms with Crippen LogP contribution in [0.25, 0.3) is 10.9 Å². The molecule has 0 amide bonds. The number of nitrogens with zero attached hydrogens (tertiary/aromatic N) is 3. The highest BCUT2D eigenvalue weighted by Crippen LogP contribution is 2.43. The minimum atomic E-state index is -5.26. The molecule has 1 unspecified atom stereocenters. The SMILES string of the molecule is Cc1ccc(C2c3[nH]c4cc(F)c(Cl)cc4c3CCN2c2nc(C(F)(F)F)cc(C(F)(F)F)n2)c(F)c1F. The Balaban J connectivity index is 1.79. The van der Waals surface area contributed by atoms with E-state index in [0.717, 1.165) is 17.0 Å². The fraction of sp³-hybridized carbons (Fsp3) is 0.250. The number of aromatic nitrogens is 3. The van der Waals surface area contributed by atoms with E-state index in [4.69, 9.17) is 11.6 Å². The van der Waals surface area contributed by atoms with Gasteiger partial charge in [-0.1, -0.05) is 23.7 Å². The molecular weight excluding hydrogens is 551 g/mol. The van der Waals surface area contributed by atoms with Crippen molar-refractivity contribution < 1.29 is 39.5 Å². The second-order valence-electron chi connectivity index (χ2n) is 8.71. The fourth-order valence-corrected chi connectivity index (χ4v) is 4.71. The Morgan fingerprint density at radius 1 is 0.921 bits per heavy atom. The summed E-state index contributed by atoms with van der Waals surface area (Å²) in [6.45, 7) is 0.999. The minimum Gasteiger partial charge on any atom is -0.356 e. The number of aryl methyl sites for hydroxylation is 1. The van der Waals surface area contributed by atoms with Gasteiger partial charge in [-0.3, -0.25) is 0 Å². The fourth-order valence-electron chi connectivity index (χ4n) is 4.55. The molecule has 1 aliphatic heterocycles. The molecule has 4 nitrogen and oxygen atoms in total. The first kappa shape index (κ1) is 26.1. The van der Waals surface area contributed by atoms with Gasteiger partial charge in [0.25, 0.3) is 0 Å². The van der Waals surface area contributed by atoms with Crippen LogP contribution >= 0.6 is 11.6 Å². The third-order valence-electron chi connectivity index (χ3n) is 6.32. The standard InChI is InChI=1S/C24H14ClF9N4/c1-9-2-3-11(19(28)18(9)27)21-20-10(12-6-13(25)14(26)7-15(12)35-20)4-5-38(21)22-36-16(23(29,30)31)8-17(37-22)24(32,33)34/h2-3,6-8,21,35H,4-5H2,1H3. The van der Waals surface area contributed by atoms with Crippen LogP contribution in [0.3, 0.4) is 0 Å². The smallest absolute Gasteiger partial charge is 0.356 e. The molecule has 0 spiro atoms. The van der Waals surface area contributed by atoms with Crippen molar-refractivity contribution in [2.24, 2.45) is 0 Å². The molecule has 0 saturated heterocycles. The van der Waals surface area contributed by atoms with E-state index in [1.54, 1.807) is 0 Å². The Kier molecular flexibility index (Phi) is 6.04. The molecule has 3 heterocycles. The van der Waals surface area contributed by atoms with E-state index in [1.807, 2.05) is 0 Å². The van der Waals surface area contributed by atoms with Gasteiger partial charge in [-0.25, -0.2) is 23.1 Å². The van der Waals surface area contributed by atoms with Gasteiger partial charge in [0, 0.05) is 28.7 Å². The second kappa shape index (κ2) is 8.79. The maximum absolute atomic E-state index is 15.3. The summed E-state index contributed by atoms with van der Waals surface area (Å²) < 4.78 is 125. The van der Waals surface area contributed by atoms with Gasteiger partial charge in [0.15, 0.2) is 23.0 Å². The van der Waals surface area contributed by atoms with Crippen LogP contribution < -0.4 is 4.90 Å². The van der Waals surface area contributed by atoms with Crippen molar-refractivity contribution in [2.45, 2.75) is 31.7 Å². The maximum atomic E-state index is 15.3. The Morgan fingerprint density at radius 2 is 1.55 bits per heavy atom. The summed E-state index contributed by atoms with van der Waals surface area (Å²) >= 11 is 5.91. The van der Waals surface area contributed by atoms with E-state index in [2.05, 4.69) is 15.0 Å². The van der Waals surface area contributed by atoms with E-state index < -0.39 is 58.7 Å². The summed E-state index contributed by atoms with van der Waals surface area (Å²) in [5, 5.41) is 0.173. The van der Waals surface area contributed by atoms with Crippen LogP contribution in [0.1, 0.15) is 39.8 Å². The summed E-state index contributed by atoms with van der Waals surface area (Å²) in [5.41, 5.74) is -3.47. The first-order valence-electron chi connectivity index (χ1n) is 10.9. The molecule has 2 aromatic carbocycles. The average molecular weight is 565 g/mol. The van der Waals surface area contributed by atoms with Gasteiger partial charge in [-0.2, -0.15) is 26.3 Å². The molecule has 0 radical (unpaired) electrons. The van der Waals surface area contributed by atoms with Crippen molar-refractivity contribution in [3.05, 3.63) is 86.6 Å². The van der Waals surface area contributed by atoms with Gasteiger partial charge < -0.3 is 9.88 Å². The number of benzene rings is 2. The number of fused-ring (bicyclic) bond motifs is 3. The number of halogens is 10. The van der Waals surface area contributed by atoms with Gasteiger partial charge in [0.1, 0.15) is 11.9 Å². The Hall–Kier alpha value is -3.48. The molecule has 14 heteroatoms. The van der Waals surface area contributed by atoms with Crippen molar-refractivity contribution in [2.75, 3.05) is 11.4 Å². The highest BCUT2D eigenvalue weighted by molar-refractivity contribution is 6.31. The third kappa shape index (κ3) is 4.32. The highest BCUT2D eigenvalue weighted by Gasteiger charge is 2.42. The number of hydrogen-bond donors (Lipinski definition) is 1. The van der Waals surface area contributed by atoms with Gasteiger partial charge in [0.2, 0.25) is 5.95 Å². The zero-order valence-corrected chi connectivity index (χ0v) is 19.8. The molecule has 0 bridgehead atoms. The molecule has 1 aliphatic rings. The molecule has 0 fully saturated rings. The predicted molar refractivity (Wildman–Crippen MR) is 119 cm³/mol. The normalized spacial score (nSPS) is 16.3. The molecule has 2 aromatic heterocycles. The Labute approximate surface area is 213 Å². The van der Waals surface area contributed by atoms with Crippen LogP contribution in [-0.2, 0) is 18.8 Å². The first-order valence-corrected chi connectivity index (χ1v) is 11.3. The molecule has 1 N–H and O–H groups in total.